The number of amides is 1. The second-order valence-electron chi connectivity index (χ2n) is 7.59. The highest BCUT2D eigenvalue weighted by molar-refractivity contribution is 5.96. The molecule has 0 saturated carbocycles. The van der Waals surface area contributed by atoms with Crippen LogP contribution in [0.4, 0.5) is 18.0 Å². The molecule has 0 aromatic heterocycles. The molecule has 1 heterocycles. The number of benzene rings is 1. The Morgan fingerprint density at radius 2 is 1.82 bits per heavy atom. The van der Waals surface area contributed by atoms with Crippen LogP contribution in [0, 0.1) is 0 Å². The predicted molar refractivity (Wildman–Crippen MR) is 96.9 cm³/mol. The van der Waals surface area contributed by atoms with Crippen LogP contribution in [0.15, 0.2) is 30.3 Å². The summed E-state index contributed by atoms with van der Waals surface area (Å²) < 4.78 is 43.7. The van der Waals surface area contributed by atoms with Crippen LogP contribution in [0.1, 0.15) is 58.1 Å². The normalized spacial score (nSPS) is 18.2. The number of hydrogen-bond donors (Lipinski definition) is 0. The summed E-state index contributed by atoms with van der Waals surface area (Å²) in [4.78, 5) is 30.6. The van der Waals surface area contributed by atoms with Crippen molar-refractivity contribution in [3.05, 3.63) is 41.5 Å². The summed E-state index contributed by atoms with van der Waals surface area (Å²) in [7, 11) is 0. The third-order valence-electron chi connectivity index (χ3n) is 3.95. The highest BCUT2D eigenvalue weighted by Gasteiger charge is 2.35. The van der Waals surface area contributed by atoms with Crippen molar-refractivity contribution in [1.82, 2.24) is 5.06 Å². The predicted octanol–water partition coefficient (Wildman–Crippen LogP) is 5.36. The minimum absolute atomic E-state index is 0.00295. The Kier molecular flexibility index (Phi) is 6.41. The molecule has 0 radical (unpaired) electrons. The van der Waals surface area contributed by atoms with Gasteiger partial charge in [-0.3, -0.25) is 4.79 Å². The molecule has 154 valence electrons. The number of nitrogens with zero attached hydrogens (tertiary/aromatic N) is 1. The van der Waals surface area contributed by atoms with Gasteiger partial charge in [0.25, 0.3) is 0 Å². The molecule has 1 aromatic rings. The monoisotopic (exact) mass is 399 g/mol. The third kappa shape index (κ3) is 5.74. The Bertz CT molecular complexity index is 748. The van der Waals surface area contributed by atoms with Gasteiger partial charge in [0.1, 0.15) is 5.60 Å². The second-order valence-corrected chi connectivity index (χ2v) is 7.59. The molecule has 0 spiro atoms. The molecule has 1 aliphatic rings. The molecule has 8 heteroatoms. The zero-order valence-corrected chi connectivity index (χ0v) is 16.3. The molecule has 1 atom stereocenters. The van der Waals surface area contributed by atoms with Crippen molar-refractivity contribution in [3.63, 3.8) is 0 Å². The van der Waals surface area contributed by atoms with Crippen LogP contribution >= 0.6 is 0 Å². The van der Waals surface area contributed by atoms with Crippen molar-refractivity contribution in [1.29, 1.82) is 0 Å². The van der Waals surface area contributed by atoms with Gasteiger partial charge >= 0.3 is 12.3 Å². The molecular weight excluding hydrogens is 375 g/mol. The standard InChI is InChI=1S/C20H24F3NO4/c1-5-6-15-11-16(25)12-17(28-24(15)18(26)27-19(2,3)4)13-7-9-14(10-8-13)20(21,22)23/h7-10,12,15H,5-6,11H2,1-4H3. The SMILES string of the molecule is CCCC1CC(=O)C=C(c2ccc(C(F)(F)F)cc2)ON1C(=O)OC(C)(C)C. The molecule has 0 bridgehead atoms. The van der Waals surface area contributed by atoms with Gasteiger partial charge in [0.05, 0.1) is 11.6 Å². The van der Waals surface area contributed by atoms with Crippen LogP contribution in [-0.4, -0.2) is 28.6 Å². The van der Waals surface area contributed by atoms with Crippen LogP contribution in [0.2, 0.25) is 0 Å². The maximum atomic E-state index is 12.8. The van der Waals surface area contributed by atoms with E-state index in [0.29, 0.717) is 12.8 Å². The third-order valence-corrected chi connectivity index (χ3v) is 3.95. The Labute approximate surface area is 162 Å². The Balaban J connectivity index is 2.34. The van der Waals surface area contributed by atoms with E-state index < -0.39 is 29.5 Å². The number of carbonyl (C=O) groups is 2. The molecule has 1 amide bonds. The van der Waals surface area contributed by atoms with Crippen molar-refractivity contribution in [3.8, 4) is 0 Å². The summed E-state index contributed by atoms with van der Waals surface area (Å²) in [5, 5.41) is 1.02. The first-order chi connectivity index (χ1) is 12.9. The molecule has 0 fully saturated rings. The summed E-state index contributed by atoms with van der Waals surface area (Å²) >= 11 is 0. The molecule has 2 rings (SSSR count). The number of ketones is 1. The zero-order valence-electron chi connectivity index (χ0n) is 16.3. The number of rotatable bonds is 3. The maximum absolute atomic E-state index is 12.8. The number of allylic oxidation sites excluding steroid dienone is 1. The molecule has 0 N–H and O–H groups in total. The summed E-state index contributed by atoms with van der Waals surface area (Å²) in [6, 6.07) is 3.67. The summed E-state index contributed by atoms with van der Waals surface area (Å²) in [6.07, 6.45) is -2.76. The average Bonchev–Trinajstić information content (AvgIpc) is 2.72. The fourth-order valence-corrected chi connectivity index (χ4v) is 2.73. The van der Waals surface area contributed by atoms with Gasteiger partial charge in [0.2, 0.25) is 0 Å². The minimum atomic E-state index is -4.47. The van der Waals surface area contributed by atoms with Crippen molar-refractivity contribution in [2.75, 3.05) is 0 Å². The summed E-state index contributed by atoms with van der Waals surface area (Å²) in [5.41, 5.74) is -1.33. The van der Waals surface area contributed by atoms with Gasteiger partial charge in [-0.2, -0.15) is 13.2 Å². The fourth-order valence-electron chi connectivity index (χ4n) is 2.73. The molecule has 28 heavy (non-hydrogen) atoms. The first-order valence-electron chi connectivity index (χ1n) is 9.03. The number of alkyl halides is 3. The summed E-state index contributed by atoms with van der Waals surface area (Å²) in [6.45, 7) is 7.02. The molecule has 1 aliphatic heterocycles. The lowest BCUT2D eigenvalue weighted by atomic mass is 10.0. The fraction of sp³-hybridized carbons (Fsp3) is 0.500. The van der Waals surface area contributed by atoms with Crippen molar-refractivity contribution < 1.29 is 32.3 Å². The largest absolute Gasteiger partial charge is 0.444 e. The van der Waals surface area contributed by atoms with Gasteiger partial charge in [0.15, 0.2) is 11.5 Å². The van der Waals surface area contributed by atoms with Crippen LogP contribution in [0.3, 0.4) is 0 Å². The number of ether oxygens (including phenoxy) is 1. The lowest BCUT2D eigenvalue weighted by Crippen LogP contribution is -2.43. The zero-order chi connectivity index (χ0) is 21.1. The molecular formula is C20H24F3NO4. The van der Waals surface area contributed by atoms with E-state index in [2.05, 4.69) is 0 Å². The highest BCUT2D eigenvalue weighted by atomic mass is 19.4. The number of hydroxylamine groups is 2. The Morgan fingerprint density at radius 3 is 2.32 bits per heavy atom. The quantitative estimate of drug-likeness (QED) is 0.687. The second kappa shape index (κ2) is 8.24. The smallest absolute Gasteiger partial charge is 0.442 e. The molecule has 0 saturated heterocycles. The molecule has 1 unspecified atom stereocenters. The molecule has 1 aromatic carbocycles. The van der Waals surface area contributed by atoms with Gasteiger partial charge in [-0.05, 0) is 39.3 Å². The van der Waals surface area contributed by atoms with E-state index in [9.17, 15) is 22.8 Å². The Morgan fingerprint density at radius 1 is 1.21 bits per heavy atom. The van der Waals surface area contributed by atoms with E-state index >= 15 is 0 Å². The highest BCUT2D eigenvalue weighted by Crippen LogP contribution is 2.32. The first kappa shape index (κ1) is 21.8. The number of hydrogen-bond acceptors (Lipinski definition) is 4. The van der Waals surface area contributed by atoms with E-state index in [1.807, 2.05) is 6.92 Å². The average molecular weight is 399 g/mol. The lowest BCUT2D eigenvalue weighted by molar-refractivity contribution is -0.137. The van der Waals surface area contributed by atoms with Gasteiger partial charge < -0.3 is 9.57 Å². The topological polar surface area (TPSA) is 55.8 Å². The Hall–Kier alpha value is -2.51. The van der Waals surface area contributed by atoms with E-state index in [1.54, 1.807) is 20.8 Å². The van der Waals surface area contributed by atoms with Gasteiger partial charge in [-0.1, -0.05) is 25.5 Å². The van der Waals surface area contributed by atoms with E-state index in [-0.39, 0.29) is 23.5 Å². The molecule has 5 nitrogen and oxygen atoms in total. The minimum Gasteiger partial charge on any atom is -0.442 e. The van der Waals surface area contributed by atoms with Gasteiger partial charge in [-0.15, -0.1) is 5.06 Å². The number of carbonyl (C=O) groups excluding carboxylic acids is 2. The van der Waals surface area contributed by atoms with Crippen LogP contribution in [0.25, 0.3) is 5.76 Å². The van der Waals surface area contributed by atoms with Crippen LogP contribution < -0.4 is 0 Å². The maximum Gasteiger partial charge on any atom is 0.444 e. The van der Waals surface area contributed by atoms with E-state index in [0.717, 1.165) is 17.2 Å². The molecule has 0 aliphatic carbocycles. The lowest BCUT2D eigenvalue weighted by Gasteiger charge is -2.31. The van der Waals surface area contributed by atoms with Crippen LogP contribution in [0.5, 0.6) is 0 Å². The first-order valence-corrected chi connectivity index (χ1v) is 9.03. The van der Waals surface area contributed by atoms with E-state index in [4.69, 9.17) is 9.57 Å². The van der Waals surface area contributed by atoms with Gasteiger partial charge in [0, 0.05) is 18.1 Å². The van der Waals surface area contributed by atoms with Crippen LogP contribution in [-0.2, 0) is 20.5 Å². The van der Waals surface area contributed by atoms with Gasteiger partial charge in [-0.25, -0.2) is 4.79 Å². The van der Waals surface area contributed by atoms with E-state index in [1.165, 1.54) is 18.2 Å². The summed E-state index contributed by atoms with van der Waals surface area (Å²) in [5.74, 6) is -0.275. The van der Waals surface area contributed by atoms with Crippen molar-refractivity contribution >= 4 is 17.6 Å². The number of halogens is 3. The van der Waals surface area contributed by atoms with Crippen molar-refractivity contribution in [2.45, 2.75) is 64.8 Å². The van der Waals surface area contributed by atoms with Crippen molar-refractivity contribution in [2.24, 2.45) is 0 Å².